The first kappa shape index (κ1) is 24.8. The average molecular weight is 485 g/mol. The minimum Gasteiger partial charge on any atom is -0.356 e. The molecule has 0 spiro atoms. The van der Waals surface area contributed by atoms with Gasteiger partial charge in [0.1, 0.15) is 0 Å². The van der Waals surface area contributed by atoms with E-state index in [0.717, 1.165) is 51.4 Å². The molecule has 1 fully saturated rings. The Kier molecular flexibility index (Phi) is 12.1. The molecule has 1 heterocycles. The number of likely N-dealkylation sites (tertiary alicyclic amines) is 1. The Morgan fingerprint density at radius 2 is 2.04 bits per heavy atom. The molecule has 6 nitrogen and oxygen atoms in total. The number of thioether (sulfide) groups is 1. The normalized spacial score (nSPS) is 18.6. The van der Waals surface area contributed by atoms with Crippen molar-refractivity contribution in [2.24, 2.45) is 4.99 Å². The van der Waals surface area contributed by atoms with Gasteiger partial charge in [-0.15, -0.1) is 24.0 Å². The molecular weight excluding hydrogens is 449 g/mol. The highest BCUT2D eigenvalue weighted by molar-refractivity contribution is 14.0. The molecule has 25 heavy (non-hydrogen) atoms. The van der Waals surface area contributed by atoms with Crippen LogP contribution in [0.4, 0.5) is 0 Å². The van der Waals surface area contributed by atoms with Gasteiger partial charge in [-0.2, -0.15) is 11.8 Å². The van der Waals surface area contributed by atoms with E-state index in [0.29, 0.717) is 0 Å². The quantitative estimate of drug-likeness (QED) is 0.238. The SMILES string of the molecule is CN=C(NCCCN1CCCC1C(=O)N(C)C)NCC(C)(C)SC.I. The first-order valence-corrected chi connectivity index (χ1v) is 9.98. The number of guanidine groups is 1. The number of carbonyl (C=O) groups excluding carboxylic acids is 1. The second-order valence-electron chi connectivity index (χ2n) is 7.10. The third-order valence-electron chi connectivity index (χ3n) is 4.46. The van der Waals surface area contributed by atoms with Crippen molar-refractivity contribution in [1.82, 2.24) is 20.4 Å². The van der Waals surface area contributed by atoms with Gasteiger partial charge in [0, 0.05) is 45.5 Å². The first-order valence-electron chi connectivity index (χ1n) is 8.75. The Morgan fingerprint density at radius 1 is 1.36 bits per heavy atom. The van der Waals surface area contributed by atoms with Gasteiger partial charge >= 0.3 is 0 Å². The number of hydrogen-bond donors (Lipinski definition) is 2. The molecule has 0 bridgehead atoms. The van der Waals surface area contributed by atoms with E-state index in [1.54, 1.807) is 11.9 Å². The second-order valence-corrected chi connectivity index (χ2v) is 8.61. The van der Waals surface area contributed by atoms with E-state index < -0.39 is 0 Å². The lowest BCUT2D eigenvalue weighted by atomic mass is 10.2. The minimum absolute atomic E-state index is 0. The second kappa shape index (κ2) is 12.2. The summed E-state index contributed by atoms with van der Waals surface area (Å²) in [4.78, 5) is 20.5. The number of rotatable bonds is 8. The standard InChI is InChI=1S/C17H35N5OS.HI/c1-17(2,24-6)13-20-16(18-3)19-10-8-12-22-11-7-9-14(22)15(23)21(4)5;/h14H,7-13H2,1-6H3,(H2,18,19,20);1H. The molecule has 0 radical (unpaired) electrons. The molecule has 1 aliphatic rings. The molecule has 1 unspecified atom stereocenters. The molecule has 2 N–H and O–H groups in total. The molecule has 1 amide bonds. The zero-order valence-corrected chi connectivity index (χ0v) is 19.7. The summed E-state index contributed by atoms with van der Waals surface area (Å²) in [6, 6.07) is 0.0693. The zero-order valence-electron chi connectivity index (χ0n) is 16.6. The molecule has 1 atom stereocenters. The van der Waals surface area contributed by atoms with Crippen LogP contribution in [0.15, 0.2) is 4.99 Å². The van der Waals surface area contributed by atoms with E-state index in [1.165, 1.54) is 0 Å². The fourth-order valence-corrected chi connectivity index (χ4v) is 2.97. The van der Waals surface area contributed by atoms with Gasteiger partial charge in [-0.25, -0.2) is 0 Å². The molecule has 0 aliphatic carbocycles. The number of nitrogens with zero attached hydrogens (tertiary/aromatic N) is 3. The average Bonchev–Trinajstić information content (AvgIpc) is 3.01. The van der Waals surface area contributed by atoms with Crippen molar-refractivity contribution >= 4 is 47.6 Å². The van der Waals surface area contributed by atoms with Gasteiger partial charge in [0.2, 0.25) is 5.91 Å². The maximum absolute atomic E-state index is 12.2. The van der Waals surface area contributed by atoms with E-state index in [4.69, 9.17) is 0 Å². The smallest absolute Gasteiger partial charge is 0.239 e. The molecule has 0 aromatic heterocycles. The monoisotopic (exact) mass is 485 g/mol. The summed E-state index contributed by atoms with van der Waals surface area (Å²) in [6.07, 6.45) is 5.23. The van der Waals surface area contributed by atoms with Crippen LogP contribution < -0.4 is 10.6 Å². The van der Waals surface area contributed by atoms with Crippen LogP contribution in [0.5, 0.6) is 0 Å². The highest BCUT2D eigenvalue weighted by atomic mass is 127. The van der Waals surface area contributed by atoms with E-state index in [2.05, 4.69) is 40.6 Å². The predicted octanol–water partition coefficient (Wildman–Crippen LogP) is 1.85. The molecule has 0 aromatic carbocycles. The summed E-state index contributed by atoms with van der Waals surface area (Å²) >= 11 is 1.84. The molecular formula is C17H36IN5OS. The summed E-state index contributed by atoms with van der Waals surface area (Å²) in [5.74, 6) is 1.08. The van der Waals surface area contributed by atoms with Gasteiger partial charge in [0.05, 0.1) is 6.04 Å². The van der Waals surface area contributed by atoms with Crippen LogP contribution in [0.3, 0.4) is 0 Å². The lowest BCUT2D eigenvalue weighted by Crippen LogP contribution is -2.45. The summed E-state index contributed by atoms with van der Waals surface area (Å²) in [5, 5.41) is 6.74. The molecule has 1 aliphatic heterocycles. The lowest BCUT2D eigenvalue weighted by molar-refractivity contribution is -0.133. The van der Waals surface area contributed by atoms with Crippen molar-refractivity contribution in [3.8, 4) is 0 Å². The predicted molar refractivity (Wildman–Crippen MR) is 120 cm³/mol. The first-order chi connectivity index (χ1) is 11.3. The van der Waals surface area contributed by atoms with Gasteiger partial charge < -0.3 is 15.5 Å². The highest BCUT2D eigenvalue weighted by Crippen LogP contribution is 2.19. The third-order valence-corrected chi connectivity index (χ3v) is 5.71. The largest absolute Gasteiger partial charge is 0.356 e. The van der Waals surface area contributed by atoms with E-state index in [1.807, 2.05) is 25.9 Å². The van der Waals surface area contributed by atoms with Gasteiger partial charge in [-0.3, -0.25) is 14.7 Å². The van der Waals surface area contributed by atoms with Gasteiger partial charge in [0.15, 0.2) is 5.96 Å². The Labute approximate surface area is 175 Å². The maximum atomic E-state index is 12.2. The molecule has 1 rings (SSSR count). The molecule has 8 heteroatoms. The van der Waals surface area contributed by atoms with Crippen molar-refractivity contribution in [2.75, 3.05) is 53.6 Å². The van der Waals surface area contributed by atoms with E-state index in [-0.39, 0.29) is 40.7 Å². The maximum Gasteiger partial charge on any atom is 0.239 e. The van der Waals surface area contributed by atoms with Crippen LogP contribution in [0.2, 0.25) is 0 Å². The van der Waals surface area contributed by atoms with Crippen LogP contribution in [0.25, 0.3) is 0 Å². The number of aliphatic imine (C=N–C) groups is 1. The highest BCUT2D eigenvalue weighted by Gasteiger charge is 2.30. The third kappa shape index (κ3) is 8.81. The Hall–Kier alpha value is -0.220. The summed E-state index contributed by atoms with van der Waals surface area (Å²) < 4.78 is 0.187. The van der Waals surface area contributed by atoms with Crippen LogP contribution in [-0.2, 0) is 4.79 Å². The van der Waals surface area contributed by atoms with Crippen LogP contribution in [0, 0.1) is 0 Å². The van der Waals surface area contributed by atoms with Crippen LogP contribution >= 0.6 is 35.7 Å². The lowest BCUT2D eigenvalue weighted by Gasteiger charge is -2.26. The van der Waals surface area contributed by atoms with Crippen molar-refractivity contribution in [3.05, 3.63) is 0 Å². The summed E-state index contributed by atoms with van der Waals surface area (Å²) in [7, 11) is 5.48. The summed E-state index contributed by atoms with van der Waals surface area (Å²) in [6.45, 7) is 8.14. The number of halogens is 1. The fourth-order valence-electron chi connectivity index (χ4n) is 2.75. The number of amides is 1. The number of likely N-dealkylation sites (N-methyl/N-ethyl adjacent to an activating group) is 1. The van der Waals surface area contributed by atoms with Crippen molar-refractivity contribution in [1.29, 1.82) is 0 Å². The molecule has 1 saturated heterocycles. The summed E-state index contributed by atoms with van der Waals surface area (Å²) in [5.41, 5.74) is 0. The minimum atomic E-state index is 0. The van der Waals surface area contributed by atoms with Crippen molar-refractivity contribution in [3.63, 3.8) is 0 Å². The topological polar surface area (TPSA) is 60.0 Å². The van der Waals surface area contributed by atoms with Gasteiger partial charge in [0.25, 0.3) is 0 Å². The zero-order chi connectivity index (χ0) is 18.2. The molecule has 0 aromatic rings. The molecule has 148 valence electrons. The van der Waals surface area contributed by atoms with E-state index >= 15 is 0 Å². The van der Waals surface area contributed by atoms with Crippen LogP contribution in [0.1, 0.15) is 33.1 Å². The number of carbonyl (C=O) groups is 1. The van der Waals surface area contributed by atoms with E-state index in [9.17, 15) is 4.79 Å². The Bertz CT molecular complexity index is 431. The molecule has 0 saturated carbocycles. The number of nitrogens with one attached hydrogen (secondary N) is 2. The van der Waals surface area contributed by atoms with Crippen LogP contribution in [-0.4, -0.2) is 86.0 Å². The number of hydrogen-bond acceptors (Lipinski definition) is 4. The van der Waals surface area contributed by atoms with Gasteiger partial charge in [-0.1, -0.05) is 0 Å². The Morgan fingerprint density at radius 3 is 2.60 bits per heavy atom. The van der Waals surface area contributed by atoms with Crippen molar-refractivity contribution in [2.45, 2.75) is 43.9 Å². The van der Waals surface area contributed by atoms with Gasteiger partial charge in [-0.05, 0) is 45.9 Å². The Balaban J connectivity index is 0.00000576. The van der Waals surface area contributed by atoms with Crippen molar-refractivity contribution < 1.29 is 4.79 Å². The fraction of sp³-hybridized carbons (Fsp3) is 0.882.